The minimum absolute atomic E-state index is 0. The maximum Gasteiger partial charge on any atom is 0.0854 e. The van der Waals surface area contributed by atoms with Crippen LogP contribution in [0, 0.1) is 0 Å². The van der Waals surface area contributed by atoms with Gasteiger partial charge in [-0.2, -0.15) is 0 Å². The Bertz CT molecular complexity index is 539. The number of hydrogen-bond donors (Lipinski definition) is 1. The molecule has 0 aliphatic carbocycles. The summed E-state index contributed by atoms with van der Waals surface area (Å²) in [5.74, 6) is 0. The zero-order valence-electron chi connectivity index (χ0n) is 26.4. The van der Waals surface area contributed by atoms with E-state index in [1.807, 2.05) is 6.34 Å². The molecule has 1 aliphatic rings. The van der Waals surface area contributed by atoms with Crippen molar-refractivity contribution >= 4 is 18.7 Å². The van der Waals surface area contributed by atoms with E-state index in [0.29, 0.717) is 0 Å². The quantitative estimate of drug-likeness (QED) is 0.0719. The Morgan fingerprint density at radius 2 is 1.03 bits per heavy atom. The Hall–Kier alpha value is -0.540. The largest absolute Gasteiger partial charge is 0.391 e. The number of aliphatic hydroxyl groups excluding tert-OH is 1. The molecule has 0 aromatic heterocycles. The van der Waals surface area contributed by atoms with Crippen molar-refractivity contribution in [3.63, 3.8) is 0 Å². The molecular formula is C35H69ClN2O. The monoisotopic (exact) mass is 569 g/mol. The number of unbranched alkanes of at least 4 members (excludes halogenated alkanes) is 21. The van der Waals surface area contributed by atoms with Crippen LogP contribution in [-0.4, -0.2) is 41.6 Å². The van der Waals surface area contributed by atoms with E-state index >= 15 is 0 Å². The van der Waals surface area contributed by atoms with Crippen molar-refractivity contribution in [1.29, 1.82) is 0 Å². The summed E-state index contributed by atoms with van der Waals surface area (Å²) in [5, 5.41) is 11.0. The first-order valence-electron chi connectivity index (χ1n) is 17.4. The minimum atomic E-state index is -0.199. The molecule has 0 saturated heterocycles. The first-order chi connectivity index (χ1) is 18.8. The summed E-state index contributed by atoms with van der Waals surface area (Å²) in [7, 11) is 0. The van der Waals surface area contributed by atoms with Crippen LogP contribution in [0.1, 0.15) is 181 Å². The molecule has 0 aromatic carbocycles. The second kappa shape index (κ2) is 30.4. The van der Waals surface area contributed by atoms with Gasteiger partial charge >= 0.3 is 0 Å². The highest BCUT2D eigenvalue weighted by molar-refractivity contribution is 5.85. The Labute approximate surface area is 251 Å². The van der Waals surface area contributed by atoms with E-state index < -0.39 is 0 Å². The standard InChI is InChI=1S/C35H68N2O.ClH/c1-3-5-7-9-11-13-15-16-17-18-20-21-23-25-27-29-34(37-32-31-36-33-37)35(38)30-28-26-24-22-19-14-12-10-8-6-4-2;/h16-17,33-35,38H,3-15,18-32H2,1-2H3;1H/b17-16-;. The number of aliphatic hydroxyl groups is 1. The van der Waals surface area contributed by atoms with E-state index in [4.69, 9.17) is 0 Å². The van der Waals surface area contributed by atoms with Crippen LogP contribution in [0.5, 0.6) is 0 Å². The summed E-state index contributed by atoms with van der Waals surface area (Å²) in [6, 6.07) is 0.272. The molecule has 232 valence electrons. The zero-order chi connectivity index (χ0) is 27.4. The van der Waals surface area contributed by atoms with Gasteiger partial charge < -0.3 is 10.0 Å². The molecule has 3 nitrogen and oxygen atoms in total. The van der Waals surface area contributed by atoms with Gasteiger partial charge in [0.05, 0.1) is 25.0 Å². The number of rotatable bonds is 29. The van der Waals surface area contributed by atoms with Crippen LogP contribution in [0.25, 0.3) is 0 Å². The molecule has 0 saturated carbocycles. The van der Waals surface area contributed by atoms with Gasteiger partial charge in [0.2, 0.25) is 0 Å². The van der Waals surface area contributed by atoms with Gasteiger partial charge in [0.25, 0.3) is 0 Å². The number of allylic oxidation sites excluding steroid dienone is 2. The van der Waals surface area contributed by atoms with Gasteiger partial charge in [0, 0.05) is 6.54 Å². The van der Waals surface area contributed by atoms with Gasteiger partial charge in [-0.3, -0.25) is 4.99 Å². The van der Waals surface area contributed by atoms with Crippen molar-refractivity contribution in [1.82, 2.24) is 4.90 Å². The molecule has 1 N–H and O–H groups in total. The predicted octanol–water partition coefficient (Wildman–Crippen LogP) is 11.2. The summed E-state index contributed by atoms with van der Waals surface area (Å²) in [4.78, 5) is 6.77. The van der Waals surface area contributed by atoms with E-state index in [9.17, 15) is 5.11 Å². The second-order valence-corrected chi connectivity index (χ2v) is 12.1. The van der Waals surface area contributed by atoms with Crippen LogP contribution >= 0.6 is 12.4 Å². The Balaban J connectivity index is 0.0000144. The molecule has 0 spiro atoms. The van der Waals surface area contributed by atoms with Crippen LogP contribution in [0.15, 0.2) is 17.1 Å². The van der Waals surface area contributed by atoms with Crippen molar-refractivity contribution in [3.05, 3.63) is 12.2 Å². The fourth-order valence-electron chi connectivity index (χ4n) is 5.86. The first-order valence-corrected chi connectivity index (χ1v) is 17.4. The topological polar surface area (TPSA) is 35.8 Å². The van der Waals surface area contributed by atoms with E-state index in [-0.39, 0.29) is 24.6 Å². The fraction of sp³-hybridized carbons (Fsp3) is 0.914. The van der Waals surface area contributed by atoms with Crippen LogP contribution in [0.2, 0.25) is 0 Å². The molecule has 1 heterocycles. The third kappa shape index (κ3) is 23.8. The predicted molar refractivity (Wildman–Crippen MR) is 178 cm³/mol. The summed E-state index contributed by atoms with van der Waals surface area (Å²) in [5.41, 5.74) is 0. The Kier molecular flexibility index (Phi) is 30.0. The summed E-state index contributed by atoms with van der Waals surface area (Å²) < 4.78 is 0. The molecular weight excluding hydrogens is 500 g/mol. The maximum atomic E-state index is 11.0. The third-order valence-electron chi connectivity index (χ3n) is 8.45. The van der Waals surface area contributed by atoms with Crippen molar-refractivity contribution in [2.45, 2.75) is 193 Å². The Morgan fingerprint density at radius 1 is 0.615 bits per heavy atom. The van der Waals surface area contributed by atoms with Crippen molar-refractivity contribution in [2.24, 2.45) is 4.99 Å². The van der Waals surface area contributed by atoms with E-state index in [1.165, 1.54) is 154 Å². The van der Waals surface area contributed by atoms with Gasteiger partial charge in [0.15, 0.2) is 0 Å². The van der Waals surface area contributed by atoms with Crippen LogP contribution in [-0.2, 0) is 0 Å². The molecule has 0 amide bonds. The van der Waals surface area contributed by atoms with Crippen molar-refractivity contribution < 1.29 is 5.11 Å². The van der Waals surface area contributed by atoms with Gasteiger partial charge in [-0.25, -0.2) is 0 Å². The van der Waals surface area contributed by atoms with E-state index in [0.717, 1.165) is 25.9 Å². The SMILES string of the molecule is CCCCCCCC/C=C\CCCCCCCC(C(O)CCCCCCCCCCCCC)N1C=NCC1.Cl. The first kappa shape index (κ1) is 38.5. The Morgan fingerprint density at radius 3 is 1.46 bits per heavy atom. The lowest BCUT2D eigenvalue weighted by Crippen LogP contribution is -2.42. The molecule has 0 aromatic rings. The van der Waals surface area contributed by atoms with Crippen LogP contribution in [0.3, 0.4) is 0 Å². The highest BCUT2D eigenvalue weighted by atomic mass is 35.5. The van der Waals surface area contributed by atoms with Crippen molar-refractivity contribution in [2.75, 3.05) is 13.1 Å². The molecule has 0 radical (unpaired) electrons. The van der Waals surface area contributed by atoms with Gasteiger partial charge in [-0.05, 0) is 38.5 Å². The number of hydrogen-bond acceptors (Lipinski definition) is 3. The van der Waals surface area contributed by atoms with Gasteiger partial charge in [0.1, 0.15) is 0 Å². The van der Waals surface area contributed by atoms with E-state index in [2.05, 4.69) is 35.9 Å². The highest BCUT2D eigenvalue weighted by Gasteiger charge is 2.25. The minimum Gasteiger partial charge on any atom is -0.391 e. The number of nitrogens with zero attached hydrogens (tertiary/aromatic N) is 2. The van der Waals surface area contributed by atoms with Gasteiger partial charge in [-0.15, -0.1) is 12.4 Å². The molecule has 39 heavy (non-hydrogen) atoms. The average Bonchev–Trinajstić information content (AvgIpc) is 3.46. The normalized spacial score (nSPS) is 14.8. The van der Waals surface area contributed by atoms with Crippen LogP contribution < -0.4 is 0 Å². The molecule has 2 atom stereocenters. The lowest BCUT2D eigenvalue weighted by atomic mass is 9.96. The molecule has 2 unspecified atom stereocenters. The fourth-order valence-corrected chi connectivity index (χ4v) is 5.86. The lowest BCUT2D eigenvalue weighted by molar-refractivity contribution is 0.0739. The third-order valence-corrected chi connectivity index (χ3v) is 8.45. The molecule has 0 fully saturated rings. The van der Waals surface area contributed by atoms with E-state index in [1.54, 1.807) is 0 Å². The summed E-state index contributed by atoms with van der Waals surface area (Å²) >= 11 is 0. The lowest BCUT2D eigenvalue weighted by Gasteiger charge is -2.31. The maximum absolute atomic E-state index is 11.0. The number of aliphatic imine (C=N–C) groups is 1. The van der Waals surface area contributed by atoms with Crippen molar-refractivity contribution in [3.8, 4) is 0 Å². The molecule has 1 aliphatic heterocycles. The second-order valence-electron chi connectivity index (χ2n) is 12.1. The zero-order valence-corrected chi connectivity index (χ0v) is 27.3. The smallest absolute Gasteiger partial charge is 0.0854 e. The van der Waals surface area contributed by atoms with Gasteiger partial charge in [-0.1, -0.05) is 154 Å². The average molecular weight is 569 g/mol. The highest BCUT2D eigenvalue weighted by Crippen LogP contribution is 2.20. The summed E-state index contributed by atoms with van der Waals surface area (Å²) in [6.07, 6.45) is 41.1. The molecule has 1 rings (SSSR count). The number of halogens is 1. The van der Waals surface area contributed by atoms with Crippen LogP contribution in [0.4, 0.5) is 0 Å². The molecule has 0 bridgehead atoms. The molecule has 4 heteroatoms. The summed E-state index contributed by atoms with van der Waals surface area (Å²) in [6.45, 7) is 6.46.